The van der Waals surface area contributed by atoms with Crippen LogP contribution in [0.3, 0.4) is 0 Å². The van der Waals surface area contributed by atoms with Crippen molar-refractivity contribution in [3.8, 4) is 11.3 Å². The van der Waals surface area contributed by atoms with Crippen molar-refractivity contribution in [2.24, 2.45) is 0 Å². The first-order valence-electron chi connectivity index (χ1n) is 5.44. The van der Waals surface area contributed by atoms with Crippen LogP contribution in [-0.2, 0) is 0 Å². The van der Waals surface area contributed by atoms with Gasteiger partial charge in [0.05, 0.1) is 15.7 Å². The second-order valence-corrected chi connectivity index (χ2v) is 4.77. The van der Waals surface area contributed by atoms with Crippen molar-refractivity contribution in [3.05, 3.63) is 45.4 Å². The molecule has 2 rings (SSSR count). The van der Waals surface area contributed by atoms with Gasteiger partial charge in [0.1, 0.15) is 5.82 Å². The molecule has 0 bridgehead atoms. The SMILES string of the molecule is CNc1nc(-c2ccc(C)c(F)c2F)c(Cl)cc1Cl. The van der Waals surface area contributed by atoms with Crippen molar-refractivity contribution >= 4 is 29.0 Å². The quantitative estimate of drug-likeness (QED) is 0.871. The average Bonchev–Trinajstić information content (AvgIpc) is 2.37. The fraction of sp³-hybridized carbons (Fsp3) is 0.154. The van der Waals surface area contributed by atoms with E-state index in [4.69, 9.17) is 23.2 Å². The van der Waals surface area contributed by atoms with Gasteiger partial charge in [-0.3, -0.25) is 0 Å². The van der Waals surface area contributed by atoms with E-state index in [1.54, 1.807) is 7.05 Å². The summed E-state index contributed by atoms with van der Waals surface area (Å²) in [5.41, 5.74) is 0.369. The topological polar surface area (TPSA) is 24.9 Å². The number of benzene rings is 1. The Morgan fingerprint density at radius 1 is 1.11 bits per heavy atom. The van der Waals surface area contributed by atoms with Crippen LogP contribution in [0.2, 0.25) is 10.0 Å². The number of halogens is 4. The molecule has 0 amide bonds. The van der Waals surface area contributed by atoms with Gasteiger partial charge in [-0.15, -0.1) is 0 Å². The zero-order valence-electron chi connectivity index (χ0n) is 10.2. The molecule has 0 aliphatic rings. The summed E-state index contributed by atoms with van der Waals surface area (Å²) in [5, 5.41) is 3.23. The van der Waals surface area contributed by atoms with E-state index in [2.05, 4.69) is 10.3 Å². The van der Waals surface area contributed by atoms with Crippen LogP contribution in [0.1, 0.15) is 5.56 Å². The van der Waals surface area contributed by atoms with Gasteiger partial charge in [-0.1, -0.05) is 29.3 Å². The second kappa shape index (κ2) is 5.31. The van der Waals surface area contributed by atoms with E-state index in [1.165, 1.54) is 25.1 Å². The Kier molecular flexibility index (Phi) is 3.92. The van der Waals surface area contributed by atoms with Gasteiger partial charge in [-0.25, -0.2) is 13.8 Å². The number of anilines is 1. The minimum Gasteiger partial charge on any atom is -0.372 e. The van der Waals surface area contributed by atoms with Gasteiger partial charge >= 0.3 is 0 Å². The molecule has 6 heteroatoms. The summed E-state index contributed by atoms with van der Waals surface area (Å²) in [6.07, 6.45) is 0. The minimum absolute atomic E-state index is 0.00117. The van der Waals surface area contributed by atoms with Crippen LogP contribution >= 0.6 is 23.2 Å². The summed E-state index contributed by atoms with van der Waals surface area (Å²) in [4.78, 5) is 4.11. The molecular weight excluding hydrogens is 293 g/mol. The van der Waals surface area contributed by atoms with Crippen molar-refractivity contribution in [2.75, 3.05) is 12.4 Å². The van der Waals surface area contributed by atoms with Crippen LogP contribution in [-0.4, -0.2) is 12.0 Å². The molecule has 0 fully saturated rings. The second-order valence-electron chi connectivity index (χ2n) is 3.96. The van der Waals surface area contributed by atoms with E-state index < -0.39 is 11.6 Å². The predicted molar refractivity (Wildman–Crippen MR) is 73.9 cm³/mol. The van der Waals surface area contributed by atoms with Crippen LogP contribution in [0.5, 0.6) is 0 Å². The lowest BCUT2D eigenvalue weighted by molar-refractivity contribution is 0.505. The number of rotatable bonds is 2. The molecule has 0 atom stereocenters. The van der Waals surface area contributed by atoms with Gasteiger partial charge in [0.2, 0.25) is 0 Å². The Morgan fingerprint density at radius 2 is 1.79 bits per heavy atom. The molecule has 0 spiro atoms. The molecule has 100 valence electrons. The molecule has 19 heavy (non-hydrogen) atoms. The number of nitrogens with zero attached hydrogens (tertiary/aromatic N) is 1. The Bertz CT molecular complexity index is 645. The molecule has 0 radical (unpaired) electrons. The third-order valence-electron chi connectivity index (χ3n) is 2.70. The van der Waals surface area contributed by atoms with Crippen molar-refractivity contribution < 1.29 is 8.78 Å². The normalized spacial score (nSPS) is 10.6. The van der Waals surface area contributed by atoms with Gasteiger partial charge in [-0.05, 0) is 24.6 Å². The van der Waals surface area contributed by atoms with Crippen molar-refractivity contribution in [1.82, 2.24) is 4.98 Å². The minimum atomic E-state index is -0.973. The summed E-state index contributed by atoms with van der Waals surface area (Å²) in [6.45, 7) is 1.48. The highest BCUT2D eigenvalue weighted by Gasteiger charge is 2.17. The largest absolute Gasteiger partial charge is 0.372 e. The summed E-state index contributed by atoms with van der Waals surface area (Å²) >= 11 is 11.9. The lowest BCUT2D eigenvalue weighted by atomic mass is 10.1. The summed E-state index contributed by atoms with van der Waals surface area (Å²) in [6, 6.07) is 4.35. The van der Waals surface area contributed by atoms with E-state index in [0.717, 1.165) is 0 Å². The molecule has 1 heterocycles. The highest BCUT2D eigenvalue weighted by atomic mass is 35.5. The third-order valence-corrected chi connectivity index (χ3v) is 3.27. The standard InChI is InChI=1S/C13H10Cl2F2N2/c1-6-3-4-7(11(17)10(6)16)12-8(14)5-9(15)13(18-2)19-12/h3-5H,1-2H3,(H,18,19). The first-order valence-corrected chi connectivity index (χ1v) is 6.20. The Labute approximate surface area is 119 Å². The molecular formula is C13H10Cl2F2N2. The summed E-state index contributed by atoms with van der Waals surface area (Å²) < 4.78 is 27.5. The zero-order valence-corrected chi connectivity index (χ0v) is 11.7. The van der Waals surface area contributed by atoms with E-state index in [1.807, 2.05) is 0 Å². The number of pyridine rings is 1. The Balaban J connectivity index is 2.69. The maximum atomic E-state index is 13.9. The van der Waals surface area contributed by atoms with Crippen LogP contribution < -0.4 is 5.32 Å². The first-order chi connectivity index (χ1) is 8.95. The summed E-state index contributed by atoms with van der Waals surface area (Å²) in [5.74, 6) is -1.53. The number of aromatic nitrogens is 1. The van der Waals surface area contributed by atoms with Gasteiger partial charge in [0.15, 0.2) is 11.6 Å². The molecule has 0 saturated carbocycles. The molecule has 0 aliphatic heterocycles. The van der Waals surface area contributed by atoms with Crippen LogP contribution in [0.25, 0.3) is 11.3 Å². The summed E-state index contributed by atoms with van der Waals surface area (Å²) in [7, 11) is 1.62. The van der Waals surface area contributed by atoms with Gasteiger partial charge in [0, 0.05) is 12.6 Å². The van der Waals surface area contributed by atoms with E-state index in [-0.39, 0.29) is 21.8 Å². The van der Waals surface area contributed by atoms with Crippen LogP contribution in [0.4, 0.5) is 14.6 Å². The number of nitrogens with one attached hydrogen (secondary N) is 1. The molecule has 0 saturated heterocycles. The van der Waals surface area contributed by atoms with Crippen molar-refractivity contribution in [1.29, 1.82) is 0 Å². The highest BCUT2D eigenvalue weighted by molar-refractivity contribution is 6.37. The van der Waals surface area contributed by atoms with Crippen LogP contribution in [0, 0.1) is 18.6 Å². The fourth-order valence-corrected chi connectivity index (χ4v) is 2.21. The first kappa shape index (κ1) is 14.0. The molecule has 0 unspecified atom stereocenters. The monoisotopic (exact) mass is 302 g/mol. The molecule has 1 aromatic heterocycles. The molecule has 2 aromatic rings. The van der Waals surface area contributed by atoms with Crippen molar-refractivity contribution in [2.45, 2.75) is 6.92 Å². The number of hydrogen-bond acceptors (Lipinski definition) is 2. The van der Waals surface area contributed by atoms with Gasteiger partial charge in [-0.2, -0.15) is 0 Å². The van der Waals surface area contributed by atoms with E-state index in [9.17, 15) is 8.78 Å². The molecule has 0 aliphatic carbocycles. The lowest BCUT2D eigenvalue weighted by Crippen LogP contribution is -1.99. The highest BCUT2D eigenvalue weighted by Crippen LogP contribution is 2.34. The maximum absolute atomic E-state index is 13.9. The predicted octanol–water partition coefficient (Wildman–Crippen LogP) is 4.68. The maximum Gasteiger partial charge on any atom is 0.168 e. The van der Waals surface area contributed by atoms with Gasteiger partial charge < -0.3 is 5.32 Å². The fourth-order valence-electron chi connectivity index (χ4n) is 1.66. The third kappa shape index (κ3) is 2.51. The Morgan fingerprint density at radius 3 is 2.42 bits per heavy atom. The molecule has 1 N–H and O–H groups in total. The Hall–Kier alpha value is -1.39. The molecule has 2 nitrogen and oxygen atoms in total. The molecule has 1 aromatic carbocycles. The number of hydrogen-bond donors (Lipinski definition) is 1. The van der Waals surface area contributed by atoms with Crippen LogP contribution in [0.15, 0.2) is 18.2 Å². The zero-order chi connectivity index (χ0) is 14.2. The smallest absolute Gasteiger partial charge is 0.168 e. The average molecular weight is 303 g/mol. The van der Waals surface area contributed by atoms with Gasteiger partial charge in [0.25, 0.3) is 0 Å². The number of aryl methyl sites for hydroxylation is 1. The van der Waals surface area contributed by atoms with Crippen molar-refractivity contribution in [3.63, 3.8) is 0 Å². The lowest BCUT2D eigenvalue weighted by Gasteiger charge is -2.10. The van der Waals surface area contributed by atoms with E-state index in [0.29, 0.717) is 10.8 Å². The van der Waals surface area contributed by atoms with E-state index >= 15 is 0 Å².